The Labute approximate surface area is 114 Å². The van der Waals surface area contributed by atoms with Crippen LogP contribution in [0.25, 0.3) is 0 Å². The molecule has 1 aromatic rings. The second kappa shape index (κ2) is 10.1. The number of carbonyl (C=O) groups is 2. The maximum atomic E-state index is 12.1. The van der Waals surface area contributed by atoms with Gasteiger partial charge in [-0.25, -0.2) is 0 Å². The summed E-state index contributed by atoms with van der Waals surface area (Å²) in [6.07, 6.45) is 0.727. The van der Waals surface area contributed by atoms with E-state index in [4.69, 9.17) is 5.73 Å². The number of nitrogen functional groups attached to an aromatic ring is 1. The summed E-state index contributed by atoms with van der Waals surface area (Å²) < 4.78 is 0. The molecular weight excluding hydrogens is 242 g/mol. The number of aldehydes is 1. The van der Waals surface area contributed by atoms with Crippen LogP contribution in [0, 0.1) is 0 Å². The first-order chi connectivity index (χ1) is 9.19. The fourth-order valence-corrected chi connectivity index (χ4v) is 1.42. The third-order valence-corrected chi connectivity index (χ3v) is 2.37. The third-order valence-electron chi connectivity index (χ3n) is 2.37. The van der Waals surface area contributed by atoms with Gasteiger partial charge in [0.25, 0.3) is 5.91 Å². The molecule has 0 aromatic heterocycles. The minimum absolute atomic E-state index is 0.102. The first-order valence-corrected chi connectivity index (χ1v) is 6.42. The fraction of sp³-hybridized carbons (Fsp3) is 0.429. The van der Waals surface area contributed by atoms with Crippen molar-refractivity contribution in [3.05, 3.63) is 29.8 Å². The molecule has 106 valence electrons. The molecule has 0 aliphatic rings. The third kappa shape index (κ3) is 6.01. The van der Waals surface area contributed by atoms with Crippen LogP contribution in [0.15, 0.2) is 24.3 Å². The zero-order valence-corrected chi connectivity index (χ0v) is 11.8. The molecule has 5 heteroatoms. The van der Waals surface area contributed by atoms with Crippen LogP contribution < -0.4 is 11.1 Å². The van der Waals surface area contributed by atoms with Gasteiger partial charge in [0.2, 0.25) is 0 Å². The van der Waals surface area contributed by atoms with Crippen molar-refractivity contribution in [1.29, 1.82) is 0 Å². The van der Waals surface area contributed by atoms with Gasteiger partial charge < -0.3 is 20.7 Å². The molecule has 3 N–H and O–H groups in total. The van der Waals surface area contributed by atoms with E-state index in [9.17, 15) is 9.59 Å². The van der Waals surface area contributed by atoms with Crippen LogP contribution in [0.1, 0.15) is 24.2 Å². The van der Waals surface area contributed by atoms with Crippen molar-refractivity contribution in [3.63, 3.8) is 0 Å². The van der Waals surface area contributed by atoms with Crippen LogP contribution in [0.3, 0.4) is 0 Å². The molecule has 0 radical (unpaired) electrons. The predicted molar refractivity (Wildman–Crippen MR) is 78.1 cm³/mol. The molecule has 0 spiro atoms. The number of nitrogens with one attached hydrogen (secondary N) is 1. The number of hydrogen-bond acceptors (Lipinski definition) is 4. The summed E-state index contributed by atoms with van der Waals surface area (Å²) in [6.45, 7) is 5.25. The largest absolute Gasteiger partial charge is 0.399 e. The average Bonchev–Trinajstić information content (AvgIpc) is 2.45. The summed E-state index contributed by atoms with van der Waals surface area (Å²) in [4.78, 5) is 24.1. The summed E-state index contributed by atoms with van der Waals surface area (Å²) in [6, 6.07) is 6.67. The topological polar surface area (TPSA) is 75.4 Å². The Morgan fingerprint density at radius 3 is 2.37 bits per heavy atom. The molecule has 0 saturated heterocycles. The lowest BCUT2D eigenvalue weighted by Gasteiger charge is -2.20. The fourth-order valence-electron chi connectivity index (χ4n) is 1.42. The summed E-state index contributed by atoms with van der Waals surface area (Å²) in [7, 11) is 1.80. The van der Waals surface area contributed by atoms with Gasteiger partial charge in [0.1, 0.15) is 6.29 Å². The molecule has 0 heterocycles. The maximum Gasteiger partial charge on any atom is 0.254 e. The summed E-state index contributed by atoms with van der Waals surface area (Å²) >= 11 is 0. The standard InChI is InChI=1S/C12H17N3O2.C2H6/c1-14-6-7-15(8-9-16)12(17)10-2-4-11(13)5-3-10;1-2/h2-5,9,14H,6-8,13H2,1H3;1-2H3. The highest BCUT2D eigenvalue weighted by atomic mass is 16.2. The molecule has 0 aliphatic heterocycles. The van der Waals surface area contributed by atoms with Crippen molar-refractivity contribution in [2.45, 2.75) is 13.8 Å². The lowest BCUT2D eigenvalue weighted by atomic mass is 10.2. The molecule has 1 aromatic carbocycles. The van der Waals surface area contributed by atoms with Crippen LogP contribution in [-0.4, -0.2) is 43.8 Å². The Morgan fingerprint density at radius 2 is 1.89 bits per heavy atom. The van der Waals surface area contributed by atoms with Crippen molar-refractivity contribution in [3.8, 4) is 0 Å². The molecule has 0 unspecified atom stereocenters. The minimum Gasteiger partial charge on any atom is -0.399 e. The number of nitrogens with zero attached hydrogens (tertiary/aromatic N) is 1. The van der Waals surface area contributed by atoms with Gasteiger partial charge in [0, 0.05) is 24.3 Å². The minimum atomic E-state index is -0.160. The van der Waals surface area contributed by atoms with Crippen molar-refractivity contribution in [1.82, 2.24) is 10.2 Å². The van der Waals surface area contributed by atoms with Crippen LogP contribution >= 0.6 is 0 Å². The Morgan fingerprint density at radius 1 is 1.32 bits per heavy atom. The number of anilines is 1. The average molecular weight is 265 g/mol. The normalized spacial score (nSPS) is 9.21. The molecular formula is C14H23N3O2. The molecule has 5 nitrogen and oxygen atoms in total. The van der Waals surface area contributed by atoms with E-state index in [0.717, 1.165) is 6.29 Å². The lowest BCUT2D eigenvalue weighted by Crippen LogP contribution is -2.37. The van der Waals surface area contributed by atoms with Crippen molar-refractivity contribution in [2.75, 3.05) is 32.4 Å². The van der Waals surface area contributed by atoms with Gasteiger partial charge in [-0.1, -0.05) is 13.8 Å². The Bertz CT molecular complexity index is 377. The van der Waals surface area contributed by atoms with E-state index in [1.54, 1.807) is 31.3 Å². The molecule has 1 amide bonds. The Kier molecular flexibility index (Phi) is 9.08. The van der Waals surface area contributed by atoms with Crippen LogP contribution in [0.4, 0.5) is 5.69 Å². The Hall–Kier alpha value is -1.88. The Balaban J connectivity index is 0.00000154. The van der Waals surface area contributed by atoms with Gasteiger partial charge in [-0.2, -0.15) is 0 Å². The van der Waals surface area contributed by atoms with Crippen LogP contribution in [-0.2, 0) is 4.79 Å². The van der Waals surface area contributed by atoms with Gasteiger partial charge >= 0.3 is 0 Å². The SMILES string of the molecule is CC.CNCCN(CC=O)C(=O)c1ccc(N)cc1. The highest BCUT2D eigenvalue weighted by molar-refractivity contribution is 5.95. The quantitative estimate of drug-likeness (QED) is 0.598. The zero-order valence-electron chi connectivity index (χ0n) is 11.8. The molecule has 0 aliphatic carbocycles. The maximum absolute atomic E-state index is 12.1. The molecule has 0 atom stereocenters. The van der Waals surface area contributed by atoms with Crippen LogP contribution in [0.5, 0.6) is 0 Å². The second-order valence-electron chi connectivity index (χ2n) is 3.64. The van der Waals surface area contributed by atoms with Crippen molar-refractivity contribution >= 4 is 17.9 Å². The van der Waals surface area contributed by atoms with Crippen molar-refractivity contribution in [2.24, 2.45) is 0 Å². The van der Waals surface area contributed by atoms with E-state index >= 15 is 0 Å². The van der Waals surface area contributed by atoms with Crippen molar-refractivity contribution < 1.29 is 9.59 Å². The number of benzene rings is 1. The first-order valence-electron chi connectivity index (χ1n) is 6.42. The smallest absolute Gasteiger partial charge is 0.254 e. The number of hydrogen-bond donors (Lipinski definition) is 2. The summed E-state index contributed by atoms with van der Waals surface area (Å²) in [5.41, 5.74) is 6.70. The van der Waals surface area contributed by atoms with E-state index in [0.29, 0.717) is 24.3 Å². The number of rotatable bonds is 6. The molecule has 0 bridgehead atoms. The predicted octanol–water partition coefficient (Wildman–Crippen LogP) is 1.16. The van der Waals surface area contributed by atoms with E-state index in [1.807, 2.05) is 13.8 Å². The number of likely N-dealkylation sites (N-methyl/N-ethyl adjacent to an activating group) is 1. The summed E-state index contributed by atoms with van der Waals surface area (Å²) in [5, 5.41) is 2.94. The zero-order chi connectivity index (χ0) is 14.7. The van der Waals surface area contributed by atoms with Gasteiger partial charge in [0.15, 0.2) is 0 Å². The monoisotopic (exact) mass is 265 g/mol. The lowest BCUT2D eigenvalue weighted by molar-refractivity contribution is -0.108. The van der Waals surface area contributed by atoms with E-state index < -0.39 is 0 Å². The first kappa shape index (κ1) is 17.1. The second-order valence-corrected chi connectivity index (χ2v) is 3.64. The number of amides is 1. The van der Waals surface area contributed by atoms with E-state index in [1.165, 1.54) is 4.90 Å². The highest BCUT2D eigenvalue weighted by Crippen LogP contribution is 2.08. The van der Waals surface area contributed by atoms with Gasteiger partial charge in [-0.3, -0.25) is 4.79 Å². The van der Waals surface area contributed by atoms with E-state index in [2.05, 4.69) is 5.32 Å². The van der Waals surface area contributed by atoms with Gasteiger partial charge in [-0.05, 0) is 31.3 Å². The number of nitrogens with two attached hydrogens (primary N) is 1. The molecule has 1 rings (SSSR count). The van der Waals surface area contributed by atoms with E-state index in [-0.39, 0.29) is 12.5 Å². The summed E-state index contributed by atoms with van der Waals surface area (Å²) in [5.74, 6) is -0.160. The molecule has 0 saturated carbocycles. The van der Waals surface area contributed by atoms with Gasteiger partial charge in [0.05, 0.1) is 6.54 Å². The van der Waals surface area contributed by atoms with Gasteiger partial charge in [-0.15, -0.1) is 0 Å². The highest BCUT2D eigenvalue weighted by Gasteiger charge is 2.14. The molecule has 19 heavy (non-hydrogen) atoms. The molecule has 0 fully saturated rings. The number of carbonyl (C=O) groups excluding carboxylic acids is 2. The van der Waals surface area contributed by atoms with Crippen LogP contribution in [0.2, 0.25) is 0 Å².